The van der Waals surface area contributed by atoms with Crippen LogP contribution in [-0.2, 0) is 42.7 Å². The van der Waals surface area contributed by atoms with Crippen molar-refractivity contribution in [3.63, 3.8) is 0 Å². The van der Waals surface area contributed by atoms with Crippen molar-refractivity contribution in [2.24, 2.45) is 0 Å². The van der Waals surface area contributed by atoms with E-state index in [4.69, 9.17) is 9.72 Å². The summed E-state index contributed by atoms with van der Waals surface area (Å²) in [5, 5.41) is 2.25. The summed E-state index contributed by atoms with van der Waals surface area (Å²) in [7, 11) is 0. The normalized spacial score (nSPS) is 16.3. The Morgan fingerprint density at radius 1 is 0.528 bits per heavy atom. The van der Waals surface area contributed by atoms with Crippen molar-refractivity contribution in [3.8, 4) is 17.3 Å². The van der Waals surface area contributed by atoms with E-state index in [0.717, 1.165) is 75.9 Å². The maximum Gasteiger partial charge on any atom is 0.135 e. The van der Waals surface area contributed by atoms with Crippen LogP contribution < -0.4 is 14.5 Å². The van der Waals surface area contributed by atoms with Gasteiger partial charge in [-0.05, 0) is 100 Å². The first kappa shape index (κ1) is 47.9. The smallest absolute Gasteiger partial charge is 0.135 e. The van der Waals surface area contributed by atoms with Crippen LogP contribution in [0.1, 0.15) is 126 Å². The van der Waals surface area contributed by atoms with Gasteiger partial charge in [-0.3, -0.25) is 0 Å². The maximum absolute atomic E-state index is 6.99. The third-order valence-electron chi connectivity index (χ3n) is 16.1. The van der Waals surface area contributed by atoms with Gasteiger partial charge in [0.25, 0.3) is 0 Å². The molecule has 0 saturated heterocycles. The number of fused-ring (bicyclic) bond motifs is 4. The van der Waals surface area contributed by atoms with Crippen molar-refractivity contribution in [1.29, 1.82) is 0 Å². The van der Waals surface area contributed by atoms with E-state index in [1.165, 1.54) is 59.2 Å². The van der Waals surface area contributed by atoms with Crippen molar-refractivity contribution in [3.05, 3.63) is 222 Å². The van der Waals surface area contributed by atoms with Crippen LogP contribution in [0.5, 0.6) is 11.5 Å². The van der Waals surface area contributed by atoms with Crippen molar-refractivity contribution in [2.45, 2.75) is 115 Å². The number of pyridine rings is 1. The van der Waals surface area contributed by atoms with Crippen LogP contribution in [0, 0.1) is 18.8 Å². The first-order chi connectivity index (χ1) is 34.4. The van der Waals surface area contributed by atoms with E-state index in [-0.39, 0.29) is 42.7 Å². The van der Waals surface area contributed by atoms with Gasteiger partial charge in [-0.25, -0.2) is 4.98 Å². The Balaban J connectivity index is 0.00000560. The fourth-order valence-electron chi connectivity index (χ4n) is 12.4. The Morgan fingerprint density at radius 3 is 1.71 bits per heavy atom. The molecule has 2 fully saturated rings. The third-order valence-corrected chi connectivity index (χ3v) is 16.1. The molecule has 0 atom stereocenters. The Kier molecular flexibility index (Phi) is 12.3. The van der Waals surface area contributed by atoms with E-state index in [0.29, 0.717) is 11.5 Å². The number of ether oxygens (including phenoxy) is 1. The molecule has 2 saturated carbocycles. The van der Waals surface area contributed by atoms with Crippen LogP contribution >= 0.6 is 0 Å². The Morgan fingerprint density at radius 2 is 1.10 bits per heavy atom. The number of anilines is 4. The van der Waals surface area contributed by atoms with Gasteiger partial charge < -0.3 is 19.1 Å². The van der Waals surface area contributed by atoms with Crippen LogP contribution in [0.25, 0.3) is 27.6 Å². The van der Waals surface area contributed by atoms with Crippen molar-refractivity contribution < 1.29 is 25.8 Å². The van der Waals surface area contributed by atoms with Crippen LogP contribution in [0.3, 0.4) is 0 Å². The second-order valence-corrected chi connectivity index (χ2v) is 22.4. The molecule has 1 aliphatic heterocycles. The van der Waals surface area contributed by atoms with Gasteiger partial charge in [-0.15, -0.1) is 53.6 Å². The average molecular weight is 1120 g/mol. The maximum atomic E-state index is 6.99. The zero-order chi connectivity index (χ0) is 48.5. The molecule has 7 aromatic carbocycles. The predicted molar refractivity (Wildman–Crippen MR) is 293 cm³/mol. The van der Waals surface area contributed by atoms with E-state index < -0.39 is 0 Å². The van der Waals surface area contributed by atoms with Gasteiger partial charge in [0.2, 0.25) is 0 Å². The summed E-state index contributed by atoms with van der Waals surface area (Å²) in [5.74, 6) is 2.13. The van der Waals surface area contributed by atoms with Gasteiger partial charge in [0, 0.05) is 72.2 Å². The third kappa shape index (κ3) is 8.17. The number of aromatic nitrogens is 2. The number of rotatable bonds is 9. The number of para-hydroxylation sites is 4. The summed E-state index contributed by atoms with van der Waals surface area (Å²) in [5.41, 5.74) is 14.2. The molecule has 5 nitrogen and oxygen atoms in total. The zero-order valence-corrected chi connectivity index (χ0v) is 44.7. The van der Waals surface area contributed by atoms with Gasteiger partial charge in [0.05, 0.1) is 0 Å². The summed E-state index contributed by atoms with van der Waals surface area (Å²) in [6, 6.07) is 68.1. The molecule has 6 heteroatoms. The number of benzene rings is 7. The predicted octanol–water partition coefficient (Wildman–Crippen LogP) is 17.3. The zero-order valence-electron chi connectivity index (χ0n) is 42.4. The Labute approximate surface area is 441 Å². The van der Waals surface area contributed by atoms with Crippen molar-refractivity contribution in [1.82, 2.24) is 9.55 Å². The summed E-state index contributed by atoms with van der Waals surface area (Å²) in [6.45, 7) is 15.9. The molecule has 2 aliphatic carbocycles. The summed E-state index contributed by atoms with van der Waals surface area (Å²) < 4.78 is 9.21. The summed E-state index contributed by atoms with van der Waals surface area (Å²) in [4.78, 5) is 9.83. The van der Waals surface area contributed by atoms with Crippen LogP contribution in [0.2, 0.25) is 0 Å². The Hall–Kier alpha value is -6.42. The molecular weight excluding hydrogens is 1060 g/mol. The van der Waals surface area contributed by atoms with E-state index in [1.54, 1.807) is 0 Å². The SMILES string of the molecule is CC(C)(C)c1cc(Oc2[c-]c3c(cc2)c2ccccc2n3-c2cc(C(C)(C)C)ccn2)[c-]c(N2[CH-]N(c3c(C4(c5ccccc5)CCCC4)cccc3C3(c4ccccc4)CCCC3)c3ccccc32)c1.[Pt]. The van der Waals surface area contributed by atoms with Crippen LogP contribution in [0.4, 0.5) is 22.7 Å². The van der Waals surface area contributed by atoms with Crippen molar-refractivity contribution in [2.75, 3.05) is 9.80 Å². The molecule has 0 spiro atoms. The minimum atomic E-state index is -0.181. The molecule has 3 aliphatic rings. The molecule has 0 radical (unpaired) electrons. The standard InChI is InChI=1S/C66H63N4O.Pt/c1-63(2,3)48-34-39-67-61(42-48)70-57-29-14-13-26-53(57)54-33-32-51(44-60(54)70)71-52-41-49(64(4,5)6)40-50(43-52)68-45-69(59-31-16-15-30-58(59)68)62-55(65(35-17-18-36-65)46-22-9-7-10-23-46)27-21-28-56(62)66(37-19-20-38-66)47-24-11-8-12-25-47;/h7-16,21-34,39-42,45H,17-20,35-38H2,1-6H3;/q-3;. The monoisotopic (exact) mass is 1120 g/mol. The summed E-state index contributed by atoms with van der Waals surface area (Å²) in [6.07, 6.45) is 11.2. The molecule has 3 heterocycles. The van der Waals surface area contributed by atoms with E-state index in [2.05, 4.69) is 232 Å². The Bertz CT molecular complexity index is 3350. The largest absolute Gasteiger partial charge is 0.509 e. The van der Waals surface area contributed by atoms with Gasteiger partial charge in [0.15, 0.2) is 0 Å². The molecule has 2 aromatic heterocycles. The molecule has 9 aromatic rings. The van der Waals surface area contributed by atoms with Crippen LogP contribution in [-0.4, -0.2) is 9.55 Å². The quantitative estimate of drug-likeness (QED) is 0.135. The minimum Gasteiger partial charge on any atom is -0.509 e. The number of hydrogen-bond donors (Lipinski definition) is 0. The van der Waals surface area contributed by atoms with Gasteiger partial charge in [0.1, 0.15) is 5.82 Å². The molecule has 0 bridgehead atoms. The first-order valence-corrected chi connectivity index (χ1v) is 25.9. The number of nitrogens with zero attached hydrogens (tertiary/aromatic N) is 4. The summed E-state index contributed by atoms with van der Waals surface area (Å²) >= 11 is 0. The molecule has 12 rings (SSSR count). The van der Waals surface area contributed by atoms with Gasteiger partial charge in [-0.2, -0.15) is 6.07 Å². The fraction of sp³-hybridized carbons (Fsp3) is 0.273. The molecule has 0 N–H and O–H groups in total. The molecule has 0 unspecified atom stereocenters. The minimum absolute atomic E-state index is 0. The number of hydrogen-bond acceptors (Lipinski definition) is 4. The van der Waals surface area contributed by atoms with Crippen molar-refractivity contribution >= 4 is 44.6 Å². The second kappa shape index (κ2) is 18.6. The molecule has 0 amide bonds. The molecule has 72 heavy (non-hydrogen) atoms. The van der Waals surface area contributed by atoms with E-state index in [9.17, 15) is 0 Å². The topological polar surface area (TPSA) is 33.5 Å². The fourth-order valence-corrected chi connectivity index (χ4v) is 12.4. The second-order valence-electron chi connectivity index (χ2n) is 22.4. The van der Waals surface area contributed by atoms with Gasteiger partial charge in [-0.1, -0.05) is 182 Å². The van der Waals surface area contributed by atoms with Gasteiger partial charge >= 0.3 is 0 Å². The van der Waals surface area contributed by atoms with E-state index >= 15 is 0 Å². The molecular formula is C66H63N4OPt-3. The average Bonchev–Trinajstić information content (AvgIpc) is 4.22. The first-order valence-electron chi connectivity index (χ1n) is 25.9. The van der Waals surface area contributed by atoms with E-state index in [1.807, 2.05) is 12.3 Å². The molecule has 366 valence electrons. The van der Waals surface area contributed by atoms with Crippen LogP contribution in [0.15, 0.2) is 170 Å².